The summed E-state index contributed by atoms with van der Waals surface area (Å²) >= 11 is 0. The van der Waals surface area contributed by atoms with Crippen molar-refractivity contribution < 1.29 is 33.3 Å². The number of nitrogens with zero attached hydrogens (tertiary/aromatic N) is 1. The summed E-state index contributed by atoms with van der Waals surface area (Å²) in [6.45, 7) is 20.2. The van der Waals surface area contributed by atoms with Gasteiger partial charge in [-0.15, -0.1) is 12.4 Å². The molecule has 35 heavy (non-hydrogen) atoms. The lowest BCUT2D eigenvalue weighted by Gasteiger charge is -2.25. The molecule has 2 heterocycles. The van der Waals surface area contributed by atoms with Gasteiger partial charge >= 0.3 is 18.4 Å². The Morgan fingerprint density at radius 3 is 1.31 bits per heavy atom. The molecule has 0 aromatic rings. The summed E-state index contributed by atoms with van der Waals surface area (Å²) in [7, 11) is 0. The lowest BCUT2D eigenvalue weighted by molar-refractivity contribution is -0.0294. The first-order valence-corrected chi connectivity index (χ1v) is 12.2. The number of nitrogens with one attached hydrogen (secondary N) is 1. The second kappa shape index (κ2) is 12.0. The number of halogens is 1. The van der Waals surface area contributed by atoms with Crippen LogP contribution in [0.15, 0.2) is 0 Å². The van der Waals surface area contributed by atoms with Crippen LogP contribution in [0.1, 0.15) is 75.2 Å². The van der Waals surface area contributed by atoms with E-state index >= 15 is 0 Å². The summed E-state index contributed by atoms with van der Waals surface area (Å²) < 4.78 is 19.1. The Hall–Kier alpha value is -1.74. The second-order valence-corrected chi connectivity index (χ2v) is 12.6. The van der Waals surface area contributed by atoms with Crippen molar-refractivity contribution in [1.29, 1.82) is 0 Å². The third-order valence-electron chi connectivity index (χ3n) is 5.46. The van der Waals surface area contributed by atoms with E-state index in [0.29, 0.717) is 0 Å². The van der Waals surface area contributed by atoms with Crippen molar-refractivity contribution >= 4 is 30.8 Å². The number of hydrogen-bond acceptors (Lipinski definition) is 8. The van der Waals surface area contributed by atoms with E-state index in [9.17, 15) is 14.4 Å². The van der Waals surface area contributed by atoms with Gasteiger partial charge in [0.1, 0.15) is 16.8 Å². The molecule has 0 aromatic heterocycles. The van der Waals surface area contributed by atoms with E-state index in [4.69, 9.17) is 14.2 Å². The van der Waals surface area contributed by atoms with Crippen molar-refractivity contribution in [2.45, 2.75) is 92.0 Å². The number of carbonyl (C=O) groups is 3. The highest BCUT2D eigenvalue weighted by Crippen LogP contribution is 2.45. The highest BCUT2D eigenvalue weighted by molar-refractivity contribution is 5.85. The number of amides is 1. The first-order chi connectivity index (χ1) is 15.4. The Bertz CT molecular complexity index is 696. The molecular formula is C25H45ClN2O7. The molecule has 1 N–H and O–H groups in total. The molecule has 9 nitrogen and oxygen atoms in total. The summed E-state index contributed by atoms with van der Waals surface area (Å²) in [5.41, 5.74) is -1.75. The van der Waals surface area contributed by atoms with Gasteiger partial charge in [-0.05, 0) is 112 Å². The van der Waals surface area contributed by atoms with E-state index in [1.807, 2.05) is 25.7 Å². The Morgan fingerprint density at radius 1 is 0.657 bits per heavy atom. The molecule has 2 saturated heterocycles. The first kappa shape index (κ1) is 31.3. The molecule has 2 aliphatic heterocycles. The van der Waals surface area contributed by atoms with Gasteiger partial charge in [-0.3, -0.25) is 0 Å². The van der Waals surface area contributed by atoms with Gasteiger partial charge in [0.15, 0.2) is 0 Å². The zero-order chi connectivity index (χ0) is 25.9. The van der Waals surface area contributed by atoms with Gasteiger partial charge in [-0.1, -0.05) is 0 Å². The fourth-order valence-corrected chi connectivity index (χ4v) is 3.75. The molecule has 10 heteroatoms. The average molecular weight is 521 g/mol. The maximum absolute atomic E-state index is 11.5. The van der Waals surface area contributed by atoms with Crippen LogP contribution in [0, 0.1) is 23.7 Å². The van der Waals surface area contributed by atoms with Crippen LogP contribution >= 0.6 is 12.4 Å². The van der Waals surface area contributed by atoms with Gasteiger partial charge in [-0.2, -0.15) is 0 Å². The summed E-state index contributed by atoms with van der Waals surface area (Å²) in [4.78, 5) is 35.4. The number of fused-ring (bicyclic) bond motifs is 2. The van der Waals surface area contributed by atoms with Crippen LogP contribution in [0.5, 0.6) is 0 Å². The molecule has 0 bridgehead atoms. The minimum Gasteiger partial charge on any atom is -0.444 e. The number of ether oxygens (including phenoxy) is 4. The van der Waals surface area contributed by atoms with Crippen LogP contribution in [-0.2, 0) is 18.9 Å². The van der Waals surface area contributed by atoms with Crippen LogP contribution in [0.25, 0.3) is 0 Å². The topological polar surface area (TPSA) is 103 Å². The van der Waals surface area contributed by atoms with Gasteiger partial charge in [0.2, 0.25) is 0 Å². The van der Waals surface area contributed by atoms with Crippen molar-refractivity contribution in [3.8, 4) is 0 Å². The quantitative estimate of drug-likeness (QED) is 0.257. The monoisotopic (exact) mass is 520 g/mol. The molecule has 0 radical (unpaired) electrons. The Morgan fingerprint density at radius 2 is 1.03 bits per heavy atom. The van der Waals surface area contributed by atoms with Crippen molar-refractivity contribution in [2.75, 3.05) is 26.2 Å². The van der Waals surface area contributed by atoms with E-state index < -0.39 is 23.5 Å². The number of likely N-dealkylation sites (tertiary alicyclic amines) is 1. The number of hydrogen-bond donors (Lipinski definition) is 1. The van der Waals surface area contributed by atoms with E-state index in [-0.39, 0.29) is 24.1 Å². The van der Waals surface area contributed by atoms with Crippen molar-refractivity contribution in [3.63, 3.8) is 0 Å². The Labute approximate surface area is 216 Å². The summed E-state index contributed by atoms with van der Waals surface area (Å²) in [5, 5.41) is 3.32. The molecular weight excluding hydrogens is 476 g/mol. The fraction of sp³-hybridized carbons (Fsp3) is 0.880. The van der Waals surface area contributed by atoms with Gasteiger partial charge < -0.3 is 29.2 Å². The van der Waals surface area contributed by atoms with Gasteiger partial charge in [-0.25, -0.2) is 14.4 Å². The molecule has 4 atom stereocenters. The SMILES string of the molecule is C1NCC2CC12.CC(C)(C)OC(=O)N1CC2CC2C1.CC(C)(C)OC(=O)OC(=O)OC(C)(C)C.Cl. The third-order valence-corrected chi connectivity index (χ3v) is 5.46. The summed E-state index contributed by atoms with van der Waals surface area (Å²) in [6, 6.07) is 0. The summed E-state index contributed by atoms with van der Waals surface area (Å²) in [6.07, 6.45) is 0.583. The smallest absolute Gasteiger partial charge is 0.444 e. The maximum Gasteiger partial charge on any atom is 0.519 e. The van der Waals surface area contributed by atoms with E-state index in [1.165, 1.54) is 25.9 Å². The molecule has 1 amide bonds. The largest absolute Gasteiger partial charge is 0.519 e. The van der Waals surface area contributed by atoms with Crippen LogP contribution in [-0.4, -0.2) is 66.3 Å². The van der Waals surface area contributed by atoms with Crippen molar-refractivity contribution in [1.82, 2.24) is 10.2 Å². The van der Waals surface area contributed by atoms with Crippen LogP contribution in [0.2, 0.25) is 0 Å². The van der Waals surface area contributed by atoms with Crippen LogP contribution < -0.4 is 5.32 Å². The molecule has 4 unspecified atom stereocenters. The lowest BCUT2D eigenvalue weighted by atomic mass is 10.2. The molecule has 2 saturated carbocycles. The van der Waals surface area contributed by atoms with Gasteiger partial charge in [0, 0.05) is 13.1 Å². The summed E-state index contributed by atoms with van der Waals surface area (Å²) in [5.74, 6) is 3.77. The van der Waals surface area contributed by atoms with Crippen molar-refractivity contribution in [2.24, 2.45) is 23.7 Å². The zero-order valence-corrected chi connectivity index (χ0v) is 23.6. The average Bonchev–Trinajstić information content (AvgIpc) is 3.44. The molecule has 4 aliphatic rings. The molecule has 0 spiro atoms. The van der Waals surface area contributed by atoms with Gasteiger partial charge in [0.25, 0.3) is 0 Å². The maximum atomic E-state index is 11.5. The van der Waals surface area contributed by atoms with Crippen LogP contribution in [0.4, 0.5) is 14.4 Å². The normalized spacial score (nSPS) is 25.7. The second-order valence-electron chi connectivity index (χ2n) is 12.6. The minimum atomic E-state index is -1.06. The highest BCUT2D eigenvalue weighted by atomic mass is 35.5. The standard InChI is InChI=1S/C10H17NO2.C10H18O5.C5H9N.ClH/c1-10(2,3)13-9(12)11-5-7-4-8(7)6-11;1-9(2,3)14-7(11)13-8(12)15-10(4,5)6;1-4-2-6-3-5(1)4;/h7-8H,4-6H2,1-3H3;1-6H3;4-6H,1-3H2;1H. The zero-order valence-electron chi connectivity index (χ0n) is 22.8. The highest BCUT2D eigenvalue weighted by Gasteiger charge is 2.47. The third kappa shape index (κ3) is 13.2. The first-order valence-electron chi connectivity index (χ1n) is 12.2. The molecule has 4 rings (SSSR count). The Balaban J connectivity index is 0.000000276. The fourth-order valence-electron chi connectivity index (χ4n) is 3.75. The van der Waals surface area contributed by atoms with Crippen LogP contribution in [0.3, 0.4) is 0 Å². The number of rotatable bonds is 0. The van der Waals surface area contributed by atoms with E-state index in [2.05, 4.69) is 10.1 Å². The Kier molecular flexibility index (Phi) is 10.7. The minimum absolute atomic E-state index is 0. The predicted molar refractivity (Wildman–Crippen MR) is 135 cm³/mol. The molecule has 4 fully saturated rings. The van der Waals surface area contributed by atoms with E-state index in [1.54, 1.807) is 41.5 Å². The number of carbonyl (C=O) groups excluding carboxylic acids is 3. The van der Waals surface area contributed by atoms with E-state index in [0.717, 1.165) is 36.8 Å². The lowest BCUT2D eigenvalue weighted by Crippen LogP contribution is -2.36. The molecule has 2 aliphatic carbocycles. The predicted octanol–water partition coefficient (Wildman–Crippen LogP) is 5.39. The van der Waals surface area contributed by atoms with Gasteiger partial charge in [0.05, 0.1) is 0 Å². The molecule has 0 aromatic carbocycles. The number of piperidine rings is 2. The molecule has 204 valence electrons. The van der Waals surface area contributed by atoms with Crippen molar-refractivity contribution in [3.05, 3.63) is 0 Å².